The van der Waals surface area contributed by atoms with Gasteiger partial charge in [0, 0.05) is 61.9 Å². The monoisotopic (exact) mass is 506 g/mol. The number of anilines is 1. The predicted molar refractivity (Wildman–Crippen MR) is 129 cm³/mol. The average Bonchev–Trinajstić information content (AvgIpc) is 3.19. The number of fused-ring (bicyclic) bond motifs is 1. The molecule has 5 rings (SSSR count). The van der Waals surface area contributed by atoms with Crippen LogP contribution in [0.1, 0.15) is 67.6 Å². The van der Waals surface area contributed by atoms with Crippen molar-refractivity contribution in [2.24, 2.45) is 0 Å². The van der Waals surface area contributed by atoms with Crippen LogP contribution < -0.4 is 10.6 Å². The van der Waals surface area contributed by atoms with E-state index in [9.17, 15) is 18.0 Å². The number of aromatic amines is 1. The molecule has 2 aromatic rings. The number of ether oxygens (including phenoxy) is 1. The standard InChI is InChI=1S/C25H33F3N6O2/c1-24(2)8-5-15(12-31-24)32-23-30-14-19(25(26,27)28)20(33-23)18-13-29-21-17(18)4-3-9-34(22(21)35)16-6-10-36-11-7-16/h13-16,29,31H,3-12H2,1-2H3,(H,30,32,33)/t15-/m0/s1. The van der Waals surface area contributed by atoms with Crippen molar-refractivity contribution in [2.45, 2.75) is 76.2 Å². The van der Waals surface area contributed by atoms with Crippen LogP contribution in [0.5, 0.6) is 0 Å². The lowest BCUT2D eigenvalue weighted by Crippen LogP contribution is -2.50. The summed E-state index contributed by atoms with van der Waals surface area (Å²) in [6.07, 6.45) is 2.18. The summed E-state index contributed by atoms with van der Waals surface area (Å²) in [5.74, 6) is -0.0132. The molecule has 11 heteroatoms. The lowest BCUT2D eigenvalue weighted by atomic mass is 9.91. The number of alkyl halides is 3. The van der Waals surface area contributed by atoms with E-state index in [1.54, 1.807) is 0 Å². The van der Waals surface area contributed by atoms with Crippen molar-refractivity contribution < 1.29 is 22.7 Å². The van der Waals surface area contributed by atoms with E-state index in [0.29, 0.717) is 56.0 Å². The van der Waals surface area contributed by atoms with Crippen LogP contribution in [0, 0.1) is 0 Å². The molecule has 3 aliphatic heterocycles. The number of H-pyrrole nitrogens is 1. The van der Waals surface area contributed by atoms with Gasteiger partial charge < -0.3 is 25.3 Å². The van der Waals surface area contributed by atoms with Crippen molar-refractivity contribution in [1.29, 1.82) is 0 Å². The number of hydrogen-bond acceptors (Lipinski definition) is 6. The molecule has 1 atom stereocenters. The second kappa shape index (κ2) is 9.66. The van der Waals surface area contributed by atoms with Gasteiger partial charge in [0.05, 0.1) is 5.69 Å². The number of piperidine rings is 1. The molecule has 2 saturated heterocycles. The summed E-state index contributed by atoms with van der Waals surface area (Å²) in [4.78, 5) is 26.6. The maximum absolute atomic E-state index is 14.0. The number of aromatic nitrogens is 3. The van der Waals surface area contributed by atoms with Crippen molar-refractivity contribution in [2.75, 3.05) is 31.6 Å². The lowest BCUT2D eigenvalue weighted by Gasteiger charge is -2.36. The first-order valence-corrected chi connectivity index (χ1v) is 12.7. The molecule has 0 radical (unpaired) electrons. The Morgan fingerprint density at radius 1 is 1.22 bits per heavy atom. The molecule has 1 amide bonds. The third-order valence-corrected chi connectivity index (χ3v) is 7.55. The number of carbonyl (C=O) groups excluding carboxylic acids is 1. The zero-order valence-corrected chi connectivity index (χ0v) is 20.7. The Hall–Kier alpha value is -2.66. The molecule has 0 bridgehead atoms. The number of nitrogens with one attached hydrogen (secondary N) is 3. The Balaban J connectivity index is 1.46. The molecule has 36 heavy (non-hydrogen) atoms. The highest BCUT2D eigenvalue weighted by atomic mass is 19.4. The van der Waals surface area contributed by atoms with Crippen molar-refractivity contribution >= 4 is 11.9 Å². The fraction of sp³-hybridized carbons (Fsp3) is 0.640. The van der Waals surface area contributed by atoms with Crippen LogP contribution in [0.4, 0.5) is 19.1 Å². The number of rotatable bonds is 4. The molecule has 0 aromatic carbocycles. The van der Waals surface area contributed by atoms with Gasteiger partial charge in [0.1, 0.15) is 11.3 Å². The Morgan fingerprint density at radius 3 is 2.69 bits per heavy atom. The van der Waals surface area contributed by atoms with Gasteiger partial charge in [-0.1, -0.05) is 0 Å². The summed E-state index contributed by atoms with van der Waals surface area (Å²) in [7, 11) is 0. The Kier molecular flexibility index (Phi) is 6.71. The van der Waals surface area contributed by atoms with Gasteiger partial charge in [-0.2, -0.15) is 13.2 Å². The van der Waals surface area contributed by atoms with Gasteiger partial charge in [-0.05, 0) is 57.9 Å². The zero-order valence-electron chi connectivity index (χ0n) is 20.7. The summed E-state index contributed by atoms with van der Waals surface area (Å²) < 4.78 is 47.4. The van der Waals surface area contributed by atoms with E-state index in [2.05, 4.69) is 39.4 Å². The van der Waals surface area contributed by atoms with Gasteiger partial charge in [-0.3, -0.25) is 4.79 Å². The van der Waals surface area contributed by atoms with Gasteiger partial charge in [0.15, 0.2) is 0 Å². The number of halogens is 3. The molecule has 8 nitrogen and oxygen atoms in total. The summed E-state index contributed by atoms with van der Waals surface area (Å²) in [5, 5.41) is 6.64. The van der Waals surface area contributed by atoms with Gasteiger partial charge in [-0.15, -0.1) is 0 Å². The highest BCUT2D eigenvalue weighted by Crippen LogP contribution is 2.39. The van der Waals surface area contributed by atoms with E-state index in [-0.39, 0.29) is 35.2 Å². The Bertz CT molecular complexity index is 1100. The molecule has 0 saturated carbocycles. The quantitative estimate of drug-likeness (QED) is 0.580. The van der Waals surface area contributed by atoms with Crippen molar-refractivity contribution in [3.8, 4) is 11.3 Å². The van der Waals surface area contributed by atoms with E-state index < -0.39 is 11.7 Å². The van der Waals surface area contributed by atoms with Crippen LogP contribution in [-0.4, -0.2) is 69.7 Å². The van der Waals surface area contributed by atoms with E-state index in [1.165, 1.54) is 6.20 Å². The summed E-state index contributed by atoms with van der Waals surface area (Å²) in [6, 6.07) is 0.0965. The van der Waals surface area contributed by atoms with Gasteiger partial charge in [0.2, 0.25) is 5.95 Å². The number of hydrogen-bond donors (Lipinski definition) is 3. The molecule has 2 fully saturated rings. The van der Waals surface area contributed by atoms with Crippen molar-refractivity contribution in [1.82, 2.24) is 25.2 Å². The topological polar surface area (TPSA) is 95.2 Å². The van der Waals surface area contributed by atoms with Crippen molar-refractivity contribution in [3.63, 3.8) is 0 Å². The van der Waals surface area contributed by atoms with Crippen LogP contribution >= 0.6 is 0 Å². The fourth-order valence-corrected chi connectivity index (χ4v) is 5.43. The lowest BCUT2D eigenvalue weighted by molar-refractivity contribution is -0.137. The van der Waals surface area contributed by atoms with Crippen LogP contribution in [0.3, 0.4) is 0 Å². The second-order valence-corrected chi connectivity index (χ2v) is 10.6. The largest absolute Gasteiger partial charge is 0.419 e. The first kappa shape index (κ1) is 25.0. The summed E-state index contributed by atoms with van der Waals surface area (Å²) in [5.41, 5.74) is 0.176. The molecular weight excluding hydrogens is 473 g/mol. The molecule has 0 spiro atoms. The fourth-order valence-electron chi connectivity index (χ4n) is 5.43. The maximum Gasteiger partial charge on any atom is 0.419 e. The summed E-state index contributed by atoms with van der Waals surface area (Å²) >= 11 is 0. The molecule has 3 aliphatic rings. The van der Waals surface area contributed by atoms with Crippen LogP contribution in [0.15, 0.2) is 12.4 Å². The number of amides is 1. The smallest absolute Gasteiger partial charge is 0.381 e. The number of nitrogens with zero attached hydrogens (tertiary/aromatic N) is 3. The minimum atomic E-state index is -4.63. The predicted octanol–water partition coefficient (Wildman–Crippen LogP) is 4.00. The first-order chi connectivity index (χ1) is 17.1. The average molecular weight is 507 g/mol. The molecule has 3 N–H and O–H groups in total. The van der Waals surface area contributed by atoms with Gasteiger partial charge in [0.25, 0.3) is 5.91 Å². The molecule has 0 unspecified atom stereocenters. The highest BCUT2D eigenvalue weighted by Gasteiger charge is 2.38. The molecule has 0 aliphatic carbocycles. The number of carbonyl (C=O) groups is 1. The van der Waals surface area contributed by atoms with E-state index in [1.807, 2.05) is 4.90 Å². The molecule has 5 heterocycles. The van der Waals surface area contributed by atoms with Crippen LogP contribution in [0.2, 0.25) is 0 Å². The van der Waals surface area contributed by atoms with Gasteiger partial charge >= 0.3 is 6.18 Å². The molecule has 2 aromatic heterocycles. The molecule has 196 valence electrons. The highest BCUT2D eigenvalue weighted by molar-refractivity contribution is 5.97. The third kappa shape index (κ3) is 5.08. The van der Waals surface area contributed by atoms with Crippen LogP contribution in [-0.2, 0) is 17.3 Å². The second-order valence-electron chi connectivity index (χ2n) is 10.6. The Labute approximate surface area is 208 Å². The van der Waals surface area contributed by atoms with E-state index >= 15 is 0 Å². The maximum atomic E-state index is 14.0. The minimum Gasteiger partial charge on any atom is -0.381 e. The van der Waals surface area contributed by atoms with Crippen molar-refractivity contribution in [3.05, 3.63) is 29.2 Å². The summed E-state index contributed by atoms with van der Waals surface area (Å²) in [6.45, 7) is 6.70. The molecular formula is C25H33F3N6O2. The zero-order chi connectivity index (χ0) is 25.5. The van der Waals surface area contributed by atoms with E-state index in [0.717, 1.165) is 31.9 Å². The minimum absolute atomic E-state index is 0.0144. The Morgan fingerprint density at radius 2 is 2.00 bits per heavy atom. The van der Waals surface area contributed by atoms with Gasteiger partial charge in [-0.25, -0.2) is 9.97 Å². The normalized spacial score (nSPS) is 23.3. The third-order valence-electron chi connectivity index (χ3n) is 7.55. The first-order valence-electron chi connectivity index (χ1n) is 12.7. The SMILES string of the molecule is CC1(C)CC[C@H](Nc2ncc(C(F)(F)F)c(-c3c[nH]c4c3CCCN(C3CCOCC3)C4=O)n2)CN1. The van der Waals surface area contributed by atoms with Crippen LogP contribution in [0.25, 0.3) is 11.3 Å². The van der Waals surface area contributed by atoms with E-state index in [4.69, 9.17) is 4.74 Å².